The third-order valence-corrected chi connectivity index (χ3v) is 2.58. The van der Waals surface area contributed by atoms with E-state index in [9.17, 15) is 10.1 Å². The van der Waals surface area contributed by atoms with Crippen LogP contribution in [-0.4, -0.2) is 19.7 Å². The summed E-state index contributed by atoms with van der Waals surface area (Å²) in [5.74, 6) is 1.49. The van der Waals surface area contributed by atoms with Gasteiger partial charge in [-0.3, -0.25) is 10.1 Å². The van der Waals surface area contributed by atoms with Crippen molar-refractivity contribution in [3.63, 3.8) is 0 Å². The Morgan fingerprint density at radius 3 is 2.67 bits per heavy atom. The van der Waals surface area contributed by atoms with Crippen LogP contribution in [0.3, 0.4) is 0 Å². The monoisotopic (exact) mass is 247 g/mol. The zero-order valence-corrected chi connectivity index (χ0v) is 10.1. The second-order valence-electron chi connectivity index (χ2n) is 4.01. The summed E-state index contributed by atoms with van der Waals surface area (Å²) < 4.78 is 1.73. The molecule has 0 atom stereocenters. The van der Waals surface area contributed by atoms with Crippen LogP contribution < -0.4 is 5.73 Å². The van der Waals surface area contributed by atoms with E-state index >= 15 is 0 Å². The molecule has 1 aromatic heterocycles. The predicted octanol–water partition coefficient (Wildman–Crippen LogP) is 1.43. The van der Waals surface area contributed by atoms with Crippen molar-refractivity contribution in [1.82, 2.24) is 14.8 Å². The van der Waals surface area contributed by atoms with Crippen LogP contribution in [0.1, 0.15) is 17.2 Å². The zero-order chi connectivity index (χ0) is 13.3. The fraction of sp³-hybridized carbons (Fsp3) is 0.273. The van der Waals surface area contributed by atoms with Crippen LogP contribution in [0.2, 0.25) is 0 Å². The number of nitrogens with two attached hydrogens (primary N) is 1. The lowest BCUT2D eigenvalue weighted by atomic mass is 10.2. The first-order valence-electron chi connectivity index (χ1n) is 5.38. The van der Waals surface area contributed by atoms with Crippen molar-refractivity contribution in [1.29, 1.82) is 0 Å². The fourth-order valence-electron chi connectivity index (χ4n) is 1.75. The summed E-state index contributed by atoms with van der Waals surface area (Å²) in [5, 5.41) is 14.9. The van der Waals surface area contributed by atoms with Gasteiger partial charge in [-0.2, -0.15) is 5.10 Å². The van der Waals surface area contributed by atoms with Crippen LogP contribution in [0.15, 0.2) is 18.2 Å². The van der Waals surface area contributed by atoms with Crippen molar-refractivity contribution in [3.8, 4) is 0 Å². The molecule has 1 heterocycles. The molecule has 94 valence electrons. The molecule has 7 heteroatoms. The number of nitro groups is 1. The first-order chi connectivity index (χ1) is 8.47. The molecular weight excluding hydrogens is 234 g/mol. The SMILES string of the molecule is Cc1nc(C)n(Cc2ccc([N+](=O)[O-])c(N)c2)n1. The lowest BCUT2D eigenvalue weighted by Crippen LogP contribution is -2.05. The van der Waals surface area contributed by atoms with Gasteiger partial charge >= 0.3 is 0 Å². The normalized spacial score (nSPS) is 10.6. The van der Waals surface area contributed by atoms with E-state index in [1.807, 2.05) is 13.8 Å². The minimum Gasteiger partial charge on any atom is -0.393 e. The summed E-state index contributed by atoms with van der Waals surface area (Å²) in [4.78, 5) is 14.3. The molecule has 18 heavy (non-hydrogen) atoms. The third-order valence-electron chi connectivity index (χ3n) is 2.58. The molecular formula is C11H13N5O2. The van der Waals surface area contributed by atoms with Crippen molar-refractivity contribution < 1.29 is 4.92 Å². The van der Waals surface area contributed by atoms with Crippen LogP contribution in [0, 0.1) is 24.0 Å². The topological polar surface area (TPSA) is 99.9 Å². The molecule has 2 N–H and O–H groups in total. The highest BCUT2D eigenvalue weighted by Gasteiger charge is 2.12. The molecule has 0 saturated heterocycles. The smallest absolute Gasteiger partial charge is 0.292 e. The molecule has 2 rings (SSSR count). The lowest BCUT2D eigenvalue weighted by Gasteiger charge is -2.04. The Bertz CT molecular complexity index is 605. The van der Waals surface area contributed by atoms with Crippen molar-refractivity contribution in [3.05, 3.63) is 45.5 Å². The first kappa shape index (κ1) is 12.0. The van der Waals surface area contributed by atoms with Crippen LogP contribution in [0.4, 0.5) is 11.4 Å². The minimum absolute atomic E-state index is 0.0785. The van der Waals surface area contributed by atoms with E-state index in [2.05, 4.69) is 10.1 Å². The zero-order valence-electron chi connectivity index (χ0n) is 10.1. The predicted molar refractivity (Wildman–Crippen MR) is 66.1 cm³/mol. The molecule has 7 nitrogen and oxygen atoms in total. The number of hydrogen-bond acceptors (Lipinski definition) is 5. The third kappa shape index (κ3) is 2.29. The van der Waals surface area contributed by atoms with E-state index in [-0.39, 0.29) is 11.4 Å². The van der Waals surface area contributed by atoms with Gasteiger partial charge in [-0.15, -0.1) is 0 Å². The number of benzene rings is 1. The summed E-state index contributed by atoms with van der Waals surface area (Å²) in [7, 11) is 0. The fourth-order valence-corrected chi connectivity index (χ4v) is 1.75. The average molecular weight is 247 g/mol. The second-order valence-corrected chi connectivity index (χ2v) is 4.01. The van der Waals surface area contributed by atoms with Gasteiger partial charge in [0.2, 0.25) is 0 Å². The van der Waals surface area contributed by atoms with Gasteiger partial charge in [0.15, 0.2) is 0 Å². The molecule has 0 spiro atoms. The maximum absolute atomic E-state index is 10.6. The molecule has 0 unspecified atom stereocenters. The largest absolute Gasteiger partial charge is 0.393 e. The second kappa shape index (κ2) is 4.44. The molecule has 2 aromatic rings. The number of aryl methyl sites for hydroxylation is 2. The molecule has 0 aliphatic carbocycles. The van der Waals surface area contributed by atoms with E-state index in [4.69, 9.17) is 5.73 Å². The molecule has 0 aliphatic heterocycles. The van der Waals surface area contributed by atoms with E-state index in [1.165, 1.54) is 6.07 Å². The number of nitrogen functional groups attached to an aromatic ring is 1. The molecule has 0 saturated carbocycles. The lowest BCUT2D eigenvalue weighted by molar-refractivity contribution is -0.383. The van der Waals surface area contributed by atoms with Gasteiger partial charge in [-0.25, -0.2) is 9.67 Å². The van der Waals surface area contributed by atoms with E-state index < -0.39 is 4.92 Å². The summed E-state index contributed by atoms with van der Waals surface area (Å²) >= 11 is 0. The Labute approximate surface area is 103 Å². The number of aromatic nitrogens is 3. The van der Waals surface area contributed by atoms with Crippen molar-refractivity contribution in [2.75, 3.05) is 5.73 Å². The van der Waals surface area contributed by atoms with Crippen molar-refractivity contribution in [2.24, 2.45) is 0 Å². The quantitative estimate of drug-likeness (QED) is 0.502. The Morgan fingerprint density at radius 2 is 2.17 bits per heavy atom. The van der Waals surface area contributed by atoms with Gasteiger partial charge in [0.25, 0.3) is 5.69 Å². The van der Waals surface area contributed by atoms with Crippen molar-refractivity contribution >= 4 is 11.4 Å². The van der Waals surface area contributed by atoms with Crippen LogP contribution in [0.5, 0.6) is 0 Å². The van der Waals surface area contributed by atoms with Gasteiger partial charge < -0.3 is 5.73 Å². The number of anilines is 1. The van der Waals surface area contributed by atoms with Gasteiger partial charge in [-0.05, 0) is 25.5 Å². The summed E-state index contributed by atoms with van der Waals surface area (Å²) in [6, 6.07) is 4.67. The Kier molecular flexibility index (Phi) is 2.97. The Hall–Kier alpha value is -2.44. The highest BCUT2D eigenvalue weighted by Crippen LogP contribution is 2.22. The van der Waals surface area contributed by atoms with Crippen molar-refractivity contribution in [2.45, 2.75) is 20.4 Å². The molecule has 0 fully saturated rings. The number of rotatable bonds is 3. The first-order valence-corrected chi connectivity index (χ1v) is 5.38. The van der Waals surface area contributed by atoms with Crippen LogP contribution >= 0.6 is 0 Å². The summed E-state index contributed by atoms with van der Waals surface area (Å²) in [5.41, 5.74) is 6.57. The Balaban J connectivity index is 2.28. The van der Waals surface area contributed by atoms with E-state index in [0.717, 1.165) is 11.4 Å². The van der Waals surface area contributed by atoms with E-state index in [0.29, 0.717) is 12.4 Å². The highest BCUT2D eigenvalue weighted by atomic mass is 16.6. The van der Waals surface area contributed by atoms with Gasteiger partial charge in [0, 0.05) is 6.07 Å². The molecule has 0 bridgehead atoms. The number of nitrogens with zero attached hydrogens (tertiary/aromatic N) is 4. The maximum Gasteiger partial charge on any atom is 0.292 e. The van der Waals surface area contributed by atoms with E-state index in [1.54, 1.807) is 16.8 Å². The van der Waals surface area contributed by atoms with Gasteiger partial charge in [0.05, 0.1) is 11.5 Å². The Morgan fingerprint density at radius 1 is 1.44 bits per heavy atom. The molecule has 0 aliphatic rings. The highest BCUT2D eigenvalue weighted by molar-refractivity contribution is 5.59. The average Bonchev–Trinajstić information content (AvgIpc) is 2.57. The molecule has 1 aromatic carbocycles. The van der Waals surface area contributed by atoms with Crippen LogP contribution in [0.25, 0.3) is 0 Å². The minimum atomic E-state index is -0.496. The van der Waals surface area contributed by atoms with Crippen LogP contribution in [-0.2, 0) is 6.54 Å². The number of nitro benzene ring substituents is 1. The standard InChI is InChI=1S/C11H13N5O2/c1-7-13-8(2)15(14-7)6-9-3-4-11(16(17)18)10(12)5-9/h3-5H,6,12H2,1-2H3. The van der Waals surface area contributed by atoms with Gasteiger partial charge in [-0.1, -0.05) is 6.07 Å². The van der Waals surface area contributed by atoms with Gasteiger partial charge in [0.1, 0.15) is 17.3 Å². The molecule has 0 amide bonds. The summed E-state index contributed by atoms with van der Waals surface area (Å²) in [6.07, 6.45) is 0. The molecule has 0 radical (unpaired) electrons. The number of hydrogen-bond donors (Lipinski definition) is 1. The maximum atomic E-state index is 10.6. The summed E-state index contributed by atoms with van der Waals surface area (Å²) in [6.45, 7) is 4.16.